The van der Waals surface area contributed by atoms with Crippen LogP contribution in [-0.4, -0.2) is 4.98 Å². The van der Waals surface area contributed by atoms with Gasteiger partial charge in [-0.2, -0.15) is 0 Å². The molecular weight excluding hydrogens is 376 g/mol. The number of hydrogen-bond donors (Lipinski definition) is 2. The maximum atomic E-state index is 3.65. The van der Waals surface area contributed by atoms with Crippen molar-refractivity contribution in [1.29, 1.82) is 0 Å². The van der Waals surface area contributed by atoms with E-state index in [1.54, 1.807) is 0 Å². The number of nitrogens with one attached hydrogen (secondary N) is 2. The van der Waals surface area contributed by atoms with Crippen molar-refractivity contribution in [2.24, 2.45) is 0 Å². The zero-order valence-electron chi connectivity index (χ0n) is 18.2. The Labute approximate surface area is 182 Å². The zero-order chi connectivity index (χ0) is 21.2. The zero-order valence-corrected chi connectivity index (χ0v) is 18.2. The Morgan fingerprint density at radius 3 is 2.23 bits per heavy atom. The highest BCUT2D eigenvalue weighted by Gasteiger charge is 2.32. The van der Waals surface area contributed by atoms with Crippen LogP contribution < -0.4 is 5.32 Å². The number of H-pyrrole nitrogens is 1. The summed E-state index contributed by atoms with van der Waals surface area (Å²) in [5.41, 5.74) is 11.6. The SMILES string of the molecule is Cc1ccc2c(c1)C(C)(C)c1cc(Cc3ccc4[nH]c5ccccc5c4c3)ccc1N2. The second-order valence-corrected chi connectivity index (χ2v) is 9.41. The fourth-order valence-electron chi connectivity index (χ4n) is 5.14. The molecule has 31 heavy (non-hydrogen) atoms. The minimum absolute atomic E-state index is 0.0290. The van der Waals surface area contributed by atoms with Gasteiger partial charge in [0.2, 0.25) is 0 Å². The highest BCUT2D eigenvalue weighted by molar-refractivity contribution is 6.07. The lowest BCUT2D eigenvalue weighted by molar-refractivity contribution is 0.636. The summed E-state index contributed by atoms with van der Waals surface area (Å²) in [6, 6.07) is 29.0. The molecule has 1 aliphatic rings. The predicted octanol–water partition coefficient (Wildman–Crippen LogP) is 7.60. The highest BCUT2D eigenvalue weighted by Crippen LogP contribution is 2.46. The van der Waals surface area contributed by atoms with Crippen LogP contribution in [-0.2, 0) is 11.8 Å². The van der Waals surface area contributed by atoms with Crippen molar-refractivity contribution in [2.75, 3.05) is 5.32 Å². The minimum Gasteiger partial charge on any atom is -0.355 e. The summed E-state index contributed by atoms with van der Waals surface area (Å²) in [5, 5.41) is 6.25. The topological polar surface area (TPSA) is 27.8 Å². The largest absolute Gasteiger partial charge is 0.355 e. The summed E-state index contributed by atoms with van der Waals surface area (Å²) >= 11 is 0. The van der Waals surface area contributed by atoms with Crippen molar-refractivity contribution in [1.82, 2.24) is 4.98 Å². The molecule has 152 valence electrons. The second kappa shape index (κ2) is 6.49. The third-order valence-corrected chi connectivity index (χ3v) is 6.85. The molecule has 0 aliphatic carbocycles. The number of benzene rings is 4. The van der Waals surface area contributed by atoms with Gasteiger partial charge in [-0.05, 0) is 65.9 Å². The summed E-state index contributed by atoms with van der Waals surface area (Å²) in [7, 11) is 0. The third kappa shape index (κ3) is 2.86. The Morgan fingerprint density at radius 1 is 0.677 bits per heavy atom. The first-order chi connectivity index (χ1) is 15.0. The Kier molecular flexibility index (Phi) is 3.82. The van der Waals surface area contributed by atoms with E-state index >= 15 is 0 Å². The van der Waals surface area contributed by atoms with E-state index in [0.29, 0.717) is 0 Å². The van der Waals surface area contributed by atoms with Gasteiger partial charge in [0.25, 0.3) is 0 Å². The van der Waals surface area contributed by atoms with E-state index in [9.17, 15) is 0 Å². The van der Waals surface area contributed by atoms with Gasteiger partial charge in [-0.25, -0.2) is 0 Å². The van der Waals surface area contributed by atoms with E-state index < -0.39 is 0 Å². The molecular formula is C29H26N2. The molecule has 2 heteroatoms. The summed E-state index contributed by atoms with van der Waals surface area (Å²) < 4.78 is 0. The standard InChI is InChI=1S/C29H26N2/c1-18-8-11-27-23(14-18)29(2,3)24-17-20(10-13-28(24)31-27)15-19-9-12-26-22(16-19)21-6-4-5-7-25(21)30-26/h4-14,16-17,30-31H,15H2,1-3H3. The van der Waals surface area contributed by atoms with E-state index in [1.807, 2.05) is 0 Å². The average Bonchev–Trinajstić information content (AvgIpc) is 3.13. The quantitative estimate of drug-likeness (QED) is 0.312. The number of rotatable bonds is 2. The molecule has 0 bridgehead atoms. The Morgan fingerprint density at radius 2 is 1.35 bits per heavy atom. The molecule has 2 nitrogen and oxygen atoms in total. The van der Waals surface area contributed by atoms with Crippen LogP contribution in [0.3, 0.4) is 0 Å². The van der Waals surface area contributed by atoms with Gasteiger partial charge in [0.15, 0.2) is 0 Å². The smallest absolute Gasteiger partial charge is 0.0465 e. The Hall–Kier alpha value is -3.52. The fraction of sp³-hybridized carbons (Fsp3) is 0.172. The Balaban J connectivity index is 1.40. The molecule has 0 unspecified atom stereocenters. The first kappa shape index (κ1) is 18.3. The average molecular weight is 403 g/mol. The van der Waals surface area contributed by atoms with Crippen LogP contribution in [0.15, 0.2) is 78.9 Å². The minimum atomic E-state index is -0.0290. The van der Waals surface area contributed by atoms with E-state index in [0.717, 1.165) is 6.42 Å². The first-order valence-electron chi connectivity index (χ1n) is 11.0. The maximum Gasteiger partial charge on any atom is 0.0465 e. The van der Waals surface area contributed by atoms with Gasteiger partial charge in [-0.15, -0.1) is 0 Å². The molecule has 2 heterocycles. The number of hydrogen-bond acceptors (Lipinski definition) is 1. The lowest BCUT2D eigenvalue weighted by Gasteiger charge is -2.36. The van der Waals surface area contributed by atoms with Crippen molar-refractivity contribution in [2.45, 2.75) is 32.6 Å². The van der Waals surface area contributed by atoms with Gasteiger partial charge in [-0.1, -0.05) is 67.9 Å². The molecule has 0 saturated carbocycles. The molecule has 1 aromatic heterocycles. The molecule has 2 N–H and O–H groups in total. The van der Waals surface area contributed by atoms with Crippen LogP contribution in [0.2, 0.25) is 0 Å². The molecule has 0 fully saturated rings. The predicted molar refractivity (Wildman–Crippen MR) is 132 cm³/mol. The van der Waals surface area contributed by atoms with Gasteiger partial charge in [0, 0.05) is 38.6 Å². The van der Waals surface area contributed by atoms with Crippen LogP contribution in [0, 0.1) is 6.92 Å². The molecule has 0 atom stereocenters. The number of anilines is 2. The fourth-order valence-corrected chi connectivity index (χ4v) is 5.14. The normalized spacial score (nSPS) is 14.3. The van der Waals surface area contributed by atoms with Crippen molar-refractivity contribution in [3.63, 3.8) is 0 Å². The van der Waals surface area contributed by atoms with E-state index in [4.69, 9.17) is 0 Å². The number of fused-ring (bicyclic) bond motifs is 5. The molecule has 0 spiro atoms. The summed E-state index contributed by atoms with van der Waals surface area (Å²) in [4.78, 5) is 3.53. The molecule has 0 radical (unpaired) electrons. The van der Waals surface area contributed by atoms with Crippen LogP contribution in [0.1, 0.15) is 41.7 Å². The maximum absolute atomic E-state index is 3.65. The lowest BCUT2D eigenvalue weighted by Crippen LogP contribution is -2.26. The molecule has 1 aliphatic heterocycles. The van der Waals surface area contributed by atoms with E-state index in [1.165, 1.54) is 61.0 Å². The van der Waals surface area contributed by atoms with Gasteiger partial charge in [0.05, 0.1) is 0 Å². The number of para-hydroxylation sites is 1. The number of aromatic amines is 1. The summed E-state index contributed by atoms with van der Waals surface area (Å²) in [5.74, 6) is 0. The molecule has 0 amide bonds. The highest BCUT2D eigenvalue weighted by atomic mass is 14.9. The van der Waals surface area contributed by atoms with E-state index in [-0.39, 0.29) is 5.41 Å². The van der Waals surface area contributed by atoms with Crippen molar-refractivity contribution >= 4 is 33.2 Å². The van der Waals surface area contributed by atoms with Crippen LogP contribution in [0.5, 0.6) is 0 Å². The number of aryl methyl sites for hydroxylation is 1. The second-order valence-electron chi connectivity index (χ2n) is 9.41. The summed E-state index contributed by atoms with van der Waals surface area (Å²) in [6.07, 6.45) is 0.930. The third-order valence-electron chi connectivity index (χ3n) is 6.85. The Bertz CT molecular complexity index is 1470. The van der Waals surface area contributed by atoms with Gasteiger partial charge in [0.1, 0.15) is 0 Å². The van der Waals surface area contributed by atoms with E-state index in [2.05, 4.69) is 110 Å². The number of aromatic nitrogens is 1. The van der Waals surface area contributed by atoms with Crippen molar-refractivity contribution in [3.8, 4) is 0 Å². The van der Waals surface area contributed by atoms with Crippen LogP contribution >= 0.6 is 0 Å². The molecule has 6 rings (SSSR count). The summed E-state index contributed by atoms with van der Waals surface area (Å²) in [6.45, 7) is 6.85. The van der Waals surface area contributed by atoms with Crippen molar-refractivity contribution < 1.29 is 0 Å². The van der Waals surface area contributed by atoms with Crippen molar-refractivity contribution in [3.05, 3.63) is 107 Å². The van der Waals surface area contributed by atoms with Gasteiger partial charge < -0.3 is 10.3 Å². The molecule has 5 aromatic rings. The first-order valence-corrected chi connectivity index (χ1v) is 11.0. The van der Waals surface area contributed by atoms with Crippen LogP contribution in [0.4, 0.5) is 11.4 Å². The van der Waals surface area contributed by atoms with Gasteiger partial charge in [-0.3, -0.25) is 0 Å². The lowest BCUT2D eigenvalue weighted by atomic mass is 9.73. The molecule has 4 aromatic carbocycles. The van der Waals surface area contributed by atoms with Gasteiger partial charge >= 0.3 is 0 Å². The molecule has 0 saturated heterocycles. The monoisotopic (exact) mass is 402 g/mol. The van der Waals surface area contributed by atoms with Crippen LogP contribution in [0.25, 0.3) is 21.8 Å².